The van der Waals surface area contributed by atoms with Crippen LogP contribution in [0.4, 0.5) is 11.4 Å². The Morgan fingerprint density at radius 1 is 1.03 bits per heavy atom. The monoisotopic (exact) mass is 522 g/mol. The number of hydrogen-bond acceptors (Lipinski definition) is 7. The van der Waals surface area contributed by atoms with Gasteiger partial charge < -0.3 is 20.7 Å². The van der Waals surface area contributed by atoms with E-state index in [1.54, 1.807) is 84.6 Å². The van der Waals surface area contributed by atoms with Gasteiger partial charge in [-0.15, -0.1) is 0 Å². The number of esters is 1. The molecule has 9 nitrogen and oxygen atoms in total. The molecule has 0 fully saturated rings. The zero-order valence-corrected chi connectivity index (χ0v) is 21.5. The van der Waals surface area contributed by atoms with Crippen molar-refractivity contribution in [3.05, 3.63) is 78.4 Å². The van der Waals surface area contributed by atoms with Gasteiger partial charge in [0.05, 0.1) is 24.5 Å². The number of amides is 1. The minimum absolute atomic E-state index is 0.0561. The molecule has 0 aliphatic rings. The number of amidine groups is 1. The molecule has 0 saturated heterocycles. The molecule has 0 spiro atoms. The number of rotatable bonds is 11. The standard InChI is InChI=1S/C27H30N4O5S/c1-3-36-26(33)15-16-31(22-8-6-7-20(17-22)27(28)29)18-25(32)30-21-13-11-19(12-14-21)23-9-4-5-10-24(23)37(2,34)35/h4-14,17H,3,15-16,18H2,1-2H3,(H3,28,29)(H,30,32). The normalized spacial score (nSPS) is 11.0. The van der Waals surface area contributed by atoms with Crippen LogP contribution in [0.15, 0.2) is 77.7 Å². The third-order valence-electron chi connectivity index (χ3n) is 5.51. The lowest BCUT2D eigenvalue weighted by Gasteiger charge is -2.24. The molecule has 10 heteroatoms. The van der Waals surface area contributed by atoms with Gasteiger partial charge >= 0.3 is 5.97 Å². The van der Waals surface area contributed by atoms with Crippen LogP contribution in [0.5, 0.6) is 0 Å². The SMILES string of the molecule is CCOC(=O)CCN(CC(=O)Nc1ccc(-c2ccccc2S(C)(=O)=O)cc1)c1cccc(C(=N)N)c1. The van der Waals surface area contributed by atoms with Crippen LogP contribution in [0, 0.1) is 5.41 Å². The zero-order valence-electron chi connectivity index (χ0n) is 20.7. The van der Waals surface area contributed by atoms with Gasteiger partial charge in [-0.2, -0.15) is 0 Å². The third kappa shape index (κ3) is 7.65. The average molecular weight is 523 g/mol. The summed E-state index contributed by atoms with van der Waals surface area (Å²) in [4.78, 5) is 26.8. The maximum Gasteiger partial charge on any atom is 0.307 e. The number of carbonyl (C=O) groups is 2. The van der Waals surface area contributed by atoms with E-state index in [-0.39, 0.29) is 48.7 Å². The summed E-state index contributed by atoms with van der Waals surface area (Å²) in [6.07, 6.45) is 1.25. The van der Waals surface area contributed by atoms with Crippen LogP contribution in [-0.2, 0) is 24.2 Å². The predicted molar refractivity (Wildman–Crippen MR) is 145 cm³/mol. The van der Waals surface area contributed by atoms with Crippen molar-refractivity contribution in [2.75, 3.05) is 36.2 Å². The maximum absolute atomic E-state index is 12.9. The fourth-order valence-electron chi connectivity index (χ4n) is 3.76. The summed E-state index contributed by atoms with van der Waals surface area (Å²) in [6.45, 7) is 2.17. The fourth-order valence-corrected chi connectivity index (χ4v) is 4.68. The van der Waals surface area contributed by atoms with Crippen molar-refractivity contribution in [2.45, 2.75) is 18.2 Å². The van der Waals surface area contributed by atoms with Crippen LogP contribution >= 0.6 is 0 Å². The highest BCUT2D eigenvalue weighted by Crippen LogP contribution is 2.28. The molecule has 37 heavy (non-hydrogen) atoms. The Balaban J connectivity index is 1.76. The van der Waals surface area contributed by atoms with Gasteiger partial charge in [-0.25, -0.2) is 8.42 Å². The minimum Gasteiger partial charge on any atom is -0.466 e. The second kappa shape index (κ2) is 12.2. The van der Waals surface area contributed by atoms with Gasteiger partial charge in [0, 0.05) is 35.3 Å². The number of sulfone groups is 1. The Hall–Kier alpha value is -4.18. The summed E-state index contributed by atoms with van der Waals surface area (Å²) in [7, 11) is -3.40. The summed E-state index contributed by atoms with van der Waals surface area (Å²) in [5.41, 5.74) is 8.58. The number of nitrogens with one attached hydrogen (secondary N) is 2. The Labute approximate surface area is 216 Å². The van der Waals surface area contributed by atoms with Crippen LogP contribution in [-0.4, -0.2) is 52.1 Å². The lowest BCUT2D eigenvalue weighted by molar-refractivity contribution is -0.142. The van der Waals surface area contributed by atoms with Crippen molar-refractivity contribution >= 4 is 38.9 Å². The van der Waals surface area contributed by atoms with Crippen molar-refractivity contribution < 1.29 is 22.7 Å². The summed E-state index contributed by atoms with van der Waals surface area (Å²) >= 11 is 0. The van der Waals surface area contributed by atoms with E-state index in [4.69, 9.17) is 15.9 Å². The predicted octanol–water partition coefficient (Wildman–Crippen LogP) is 3.44. The molecular weight excluding hydrogens is 492 g/mol. The van der Waals surface area contributed by atoms with E-state index in [9.17, 15) is 18.0 Å². The van der Waals surface area contributed by atoms with Crippen molar-refractivity contribution in [3.63, 3.8) is 0 Å². The molecule has 0 aliphatic carbocycles. The minimum atomic E-state index is -3.40. The lowest BCUT2D eigenvalue weighted by Crippen LogP contribution is -2.35. The number of nitrogens with two attached hydrogens (primary N) is 1. The maximum atomic E-state index is 12.9. The molecule has 0 aliphatic heterocycles. The van der Waals surface area contributed by atoms with E-state index < -0.39 is 9.84 Å². The van der Waals surface area contributed by atoms with E-state index in [1.165, 1.54) is 6.26 Å². The van der Waals surface area contributed by atoms with Crippen LogP contribution in [0.1, 0.15) is 18.9 Å². The van der Waals surface area contributed by atoms with Gasteiger partial charge in [0.15, 0.2) is 9.84 Å². The summed E-state index contributed by atoms with van der Waals surface area (Å²) in [5, 5.41) is 10.5. The van der Waals surface area contributed by atoms with Crippen LogP contribution in [0.2, 0.25) is 0 Å². The number of benzene rings is 3. The first-order valence-corrected chi connectivity index (χ1v) is 13.5. The highest BCUT2D eigenvalue weighted by molar-refractivity contribution is 7.90. The molecule has 0 heterocycles. The Kier molecular flexibility index (Phi) is 9.02. The number of carbonyl (C=O) groups excluding carboxylic acids is 2. The van der Waals surface area contributed by atoms with Crippen LogP contribution in [0.25, 0.3) is 11.1 Å². The van der Waals surface area contributed by atoms with Gasteiger partial charge in [-0.1, -0.05) is 42.5 Å². The van der Waals surface area contributed by atoms with Crippen molar-refractivity contribution in [2.24, 2.45) is 5.73 Å². The smallest absolute Gasteiger partial charge is 0.307 e. The topological polar surface area (TPSA) is 143 Å². The molecule has 0 unspecified atom stereocenters. The van der Waals surface area contributed by atoms with Crippen molar-refractivity contribution in [3.8, 4) is 11.1 Å². The zero-order chi connectivity index (χ0) is 27.0. The van der Waals surface area contributed by atoms with Crippen molar-refractivity contribution in [1.29, 1.82) is 5.41 Å². The number of hydrogen-bond donors (Lipinski definition) is 3. The molecule has 194 valence electrons. The van der Waals surface area contributed by atoms with Crippen LogP contribution < -0.4 is 16.0 Å². The average Bonchev–Trinajstić information content (AvgIpc) is 2.86. The number of nitrogens with zero attached hydrogens (tertiary/aromatic N) is 1. The van der Waals surface area contributed by atoms with E-state index in [2.05, 4.69) is 5.32 Å². The second-order valence-corrected chi connectivity index (χ2v) is 10.3. The molecule has 3 aromatic rings. The Morgan fingerprint density at radius 3 is 2.38 bits per heavy atom. The molecule has 0 aromatic heterocycles. The van der Waals surface area contributed by atoms with Crippen molar-refractivity contribution in [1.82, 2.24) is 0 Å². The first-order chi connectivity index (χ1) is 17.6. The molecule has 3 aromatic carbocycles. The molecule has 0 radical (unpaired) electrons. The Morgan fingerprint density at radius 2 is 1.73 bits per heavy atom. The molecule has 4 N–H and O–H groups in total. The summed E-state index contributed by atoms with van der Waals surface area (Å²) in [5.74, 6) is -0.795. The second-order valence-electron chi connectivity index (χ2n) is 8.33. The summed E-state index contributed by atoms with van der Waals surface area (Å²) < 4.78 is 29.3. The van der Waals surface area contributed by atoms with E-state index in [0.29, 0.717) is 28.1 Å². The fraction of sp³-hybridized carbons (Fsp3) is 0.222. The number of nitrogen functional groups attached to an aromatic ring is 1. The summed E-state index contributed by atoms with van der Waals surface area (Å²) in [6, 6.07) is 20.5. The van der Waals surface area contributed by atoms with E-state index in [1.807, 2.05) is 0 Å². The first kappa shape index (κ1) is 27.4. The van der Waals surface area contributed by atoms with Gasteiger partial charge in [-0.3, -0.25) is 15.0 Å². The first-order valence-electron chi connectivity index (χ1n) is 11.6. The van der Waals surface area contributed by atoms with Gasteiger partial charge in [-0.05, 0) is 42.8 Å². The molecule has 0 saturated carbocycles. The molecule has 1 amide bonds. The lowest BCUT2D eigenvalue weighted by atomic mass is 10.1. The largest absolute Gasteiger partial charge is 0.466 e. The van der Waals surface area contributed by atoms with Crippen LogP contribution in [0.3, 0.4) is 0 Å². The Bertz CT molecular complexity index is 1390. The molecule has 0 bridgehead atoms. The molecule has 0 atom stereocenters. The van der Waals surface area contributed by atoms with E-state index >= 15 is 0 Å². The highest BCUT2D eigenvalue weighted by atomic mass is 32.2. The quantitative estimate of drug-likeness (QED) is 0.199. The highest BCUT2D eigenvalue weighted by Gasteiger charge is 2.16. The third-order valence-corrected chi connectivity index (χ3v) is 6.67. The van der Waals surface area contributed by atoms with E-state index in [0.717, 1.165) is 0 Å². The van der Waals surface area contributed by atoms with Gasteiger partial charge in [0.1, 0.15) is 5.84 Å². The van der Waals surface area contributed by atoms with Gasteiger partial charge in [0.25, 0.3) is 0 Å². The molecular formula is C27H30N4O5S. The number of ether oxygens (including phenoxy) is 1. The van der Waals surface area contributed by atoms with Gasteiger partial charge in [0.2, 0.25) is 5.91 Å². The number of anilines is 2. The molecule has 3 rings (SSSR count).